The minimum Gasteiger partial charge on any atom is -0.502 e. The molecule has 5 nitrogen and oxygen atoms in total. The number of benzene rings is 1. The summed E-state index contributed by atoms with van der Waals surface area (Å²) in [5, 5.41) is 9.25. The molecule has 0 radical (unpaired) electrons. The molecule has 0 fully saturated rings. The first kappa shape index (κ1) is 13.5. The van der Waals surface area contributed by atoms with Crippen molar-refractivity contribution in [2.24, 2.45) is 0 Å². The molecule has 0 bridgehead atoms. The van der Waals surface area contributed by atoms with Crippen LogP contribution in [0.3, 0.4) is 0 Å². The molecule has 0 amide bonds. The second-order valence-electron chi connectivity index (χ2n) is 5.09. The molecule has 110 valence electrons. The number of fused-ring (bicyclic) bond motifs is 1. The van der Waals surface area contributed by atoms with Gasteiger partial charge in [-0.05, 0) is 19.1 Å². The van der Waals surface area contributed by atoms with Crippen molar-refractivity contribution in [3.63, 3.8) is 0 Å². The van der Waals surface area contributed by atoms with Crippen LogP contribution in [0.15, 0.2) is 45.8 Å². The number of hydrogen-bond acceptors (Lipinski definition) is 5. The average Bonchev–Trinajstić information content (AvgIpc) is 2.51. The van der Waals surface area contributed by atoms with E-state index >= 15 is 0 Å². The topological polar surface area (TPSA) is 56.9 Å². The van der Waals surface area contributed by atoms with Crippen LogP contribution in [-0.2, 0) is 6.54 Å². The van der Waals surface area contributed by atoms with Crippen LogP contribution >= 0.6 is 0 Å². The fraction of sp³-hybridized carbons (Fsp3) is 0.312. The molecule has 0 atom stereocenters. The molecule has 0 spiro atoms. The summed E-state index contributed by atoms with van der Waals surface area (Å²) >= 11 is 0. The van der Waals surface area contributed by atoms with Gasteiger partial charge in [-0.2, -0.15) is 0 Å². The Kier molecular flexibility index (Phi) is 3.56. The van der Waals surface area contributed by atoms with Gasteiger partial charge in [0.1, 0.15) is 12.0 Å². The number of likely N-dealkylation sites (N-methyl/N-ethyl adjacent to an activating group) is 1. The molecule has 1 aromatic carbocycles. The van der Waals surface area contributed by atoms with Gasteiger partial charge in [-0.3, -0.25) is 4.79 Å². The molecule has 2 heterocycles. The summed E-state index contributed by atoms with van der Waals surface area (Å²) < 4.78 is 5.30. The summed E-state index contributed by atoms with van der Waals surface area (Å²) in [7, 11) is 0. The third-order valence-electron chi connectivity index (χ3n) is 3.80. The average molecular weight is 286 g/mol. The van der Waals surface area contributed by atoms with Crippen molar-refractivity contribution in [2.75, 3.05) is 29.4 Å². The zero-order chi connectivity index (χ0) is 14.8. The van der Waals surface area contributed by atoms with Gasteiger partial charge in [0, 0.05) is 25.7 Å². The van der Waals surface area contributed by atoms with E-state index in [9.17, 15) is 9.90 Å². The lowest BCUT2D eigenvalue weighted by Gasteiger charge is -2.38. The maximum absolute atomic E-state index is 11.5. The molecule has 1 N–H and O–H groups in total. The Morgan fingerprint density at radius 2 is 1.86 bits per heavy atom. The number of para-hydroxylation sites is 2. The molecular weight excluding hydrogens is 268 g/mol. The molecular formula is C16H18N2O3. The van der Waals surface area contributed by atoms with E-state index in [1.54, 1.807) is 0 Å². The Balaban J connectivity index is 1.89. The first-order valence-electron chi connectivity index (χ1n) is 7.08. The van der Waals surface area contributed by atoms with Gasteiger partial charge >= 0.3 is 0 Å². The van der Waals surface area contributed by atoms with Gasteiger partial charge in [0.15, 0.2) is 5.75 Å². The maximum Gasteiger partial charge on any atom is 0.226 e. The highest BCUT2D eigenvalue weighted by Crippen LogP contribution is 2.33. The second kappa shape index (κ2) is 5.52. The molecule has 2 aromatic rings. The molecule has 1 aliphatic heterocycles. The summed E-state index contributed by atoms with van der Waals surface area (Å²) in [4.78, 5) is 16.0. The van der Waals surface area contributed by atoms with E-state index in [0.717, 1.165) is 31.6 Å². The molecule has 0 saturated carbocycles. The molecule has 0 unspecified atom stereocenters. The molecule has 5 heteroatoms. The zero-order valence-electron chi connectivity index (χ0n) is 12.0. The minimum absolute atomic E-state index is 0.352. The van der Waals surface area contributed by atoms with Crippen LogP contribution in [0.25, 0.3) is 0 Å². The van der Waals surface area contributed by atoms with E-state index in [2.05, 4.69) is 28.9 Å². The molecule has 21 heavy (non-hydrogen) atoms. The fourth-order valence-electron chi connectivity index (χ4n) is 2.69. The third-order valence-corrected chi connectivity index (χ3v) is 3.80. The normalized spacial score (nSPS) is 14.1. The van der Waals surface area contributed by atoms with Gasteiger partial charge in [-0.15, -0.1) is 0 Å². The Morgan fingerprint density at radius 3 is 2.52 bits per heavy atom. The maximum atomic E-state index is 11.5. The standard InChI is InChI=1S/C16H18N2O3/c1-2-17-7-8-18(14-6-4-3-5-13(14)17)10-12-9-15(19)16(20)11-21-12/h3-6,9,11,20H,2,7-8,10H2,1H3. The highest BCUT2D eigenvalue weighted by atomic mass is 16.4. The van der Waals surface area contributed by atoms with Crippen LogP contribution in [0.5, 0.6) is 5.75 Å². The van der Waals surface area contributed by atoms with Gasteiger partial charge in [-0.25, -0.2) is 0 Å². The smallest absolute Gasteiger partial charge is 0.226 e. The highest BCUT2D eigenvalue weighted by molar-refractivity contribution is 5.73. The molecule has 1 aromatic heterocycles. The van der Waals surface area contributed by atoms with Crippen LogP contribution in [0, 0.1) is 0 Å². The monoisotopic (exact) mass is 286 g/mol. The third kappa shape index (κ3) is 2.59. The number of anilines is 2. The van der Waals surface area contributed by atoms with E-state index in [1.165, 1.54) is 11.8 Å². The predicted octanol–water partition coefficient (Wildman–Crippen LogP) is 2.19. The molecule has 0 aliphatic carbocycles. The number of nitrogens with zero attached hydrogens (tertiary/aromatic N) is 2. The van der Waals surface area contributed by atoms with E-state index in [-0.39, 0.29) is 5.75 Å². The second-order valence-corrected chi connectivity index (χ2v) is 5.09. The van der Waals surface area contributed by atoms with Gasteiger partial charge in [0.25, 0.3) is 0 Å². The lowest BCUT2D eigenvalue weighted by Crippen LogP contribution is -2.40. The van der Waals surface area contributed by atoms with Crippen LogP contribution in [0.4, 0.5) is 11.4 Å². The quantitative estimate of drug-likeness (QED) is 0.937. The largest absolute Gasteiger partial charge is 0.502 e. The van der Waals surface area contributed by atoms with Gasteiger partial charge in [0.05, 0.1) is 17.9 Å². The summed E-state index contributed by atoms with van der Waals surface area (Å²) in [6.07, 6.45) is 1.10. The van der Waals surface area contributed by atoms with E-state index < -0.39 is 5.43 Å². The molecule has 1 aliphatic rings. The van der Waals surface area contributed by atoms with Crippen molar-refractivity contribution in [1.29, 1.82) is 0 Å². The van der Waals surface area contributed by atoms with Gasteiger partial charge in [0.2, 0.25) is 5.43 Å². The van der Waals surface area contributed by atoms with Gasteiger partial charge in [-0.1, -0.05) is 12.1 Å². The fourth-order valence-corrected chi connectivity index (χ4v) is 2.69. The first-order chi connectivity index (χ1) is 10.2. The predicted molar refractivity (Wildman–Crippen MR) is 82.0 cm³/mol. The van der Waals surface area contributed by atoms with Crippen molar-refractivity contribution in [3.8, 4) is 5.75 Å². The SMILES string of the molecule is CCN1CCN(Cc2cc(=O)c(O)co2)c2ccccc21. The summed E-state index contributed by atoms with van der Waals surface area (Å²) in [5.41, 5.74) is 1.94. The summed E-state index contributed by atoms with van der Waals surface area (Å²) in [5.74, 6) is 0.201. The van der Waals surface area contributed by atoms with E-state index in [0.29, 0.717) is 12.3 Å². The number of rotatable bonds is 3. The molecule has 3 rings (SSSR count). The van der Waals surface area contributed by atoms with E-state index in [1.807, 2.05) is 12.1 Å². The Morgan fingerprint density at radius 1 is 1.19 bits per heavy atom. The van der Waals surface area contributed by atoms with Crippen molar-refractivity contribution < 1.29 is 9.52 Å². The number of hydrogen-bond donors (Lipinski definition) is 1. The van der Waals surface area contributed by atoms with Crippen molar-refractivity contribution in [1.82, 2.24) is 0 Å². The van der Waals surface area contributed by atoms with Crippen LogP contribution in [-0.4, -0.2) is 24.7 Å². The highest BCUT2D eigenvalue weighted by Gasteiger charge is 2.21. The lowest BCUT2D eigenvalue weighted by atomic mass is 10.1. The van der Waals surface area contributed by atoms with Crippen molar-refractivity contribution >= 4 is 11.4 Å². The van der Waals surface area contributed by atoms with Crippen LogP contribution in [0.1, 0.15) is 12.7 Å². The van der Waals surface area contributed by atoms with E-state index in [4.69, 9.17) is 4.42 Å². The minimum atomic E-state index is -0.406. The summed E-state index contributed by atoms with van der Waals surface area (Å²) in [6.45, 7) is 5.44. The first-order valence-corrected chi connectivity index (χ1v) is 7.08. The van der Waals surface area contributed by atoms with Gasteiger partial charge < -0.3 is 19.3 Å². The van der Waals surface area contributed by atoms with Crippen LogP contribution < -0.4 is 15.2 Å². The van der Waals surface area contributed by atoms with Crippen molar-refractivity contribution in [3.05, 3.63) is 52.6 Å². The zero-order valence-corrected chi connectivity index (χ0v) is 12.0. The Hall–Kier alpha value is -2.43. The Bertz CT molecular complexity index is 696. The number of aromatic hydroxyl groups is 1. The van der Waals surface area contributed by atoms with Crippen LogP contribution in [0.2, 0.25) is 0 Å². The summed E-state index contributed by atoms with van der Waals surface area (Å²) in [6, 6.07) is 9.58. The lowest BCUT2D eigenvalue weighted by molar-refractivity contribution is 0.411. The Labute approximate surface area is 123 Å². The van der Waals surface area contributed by atoms with Crippen molar-refractivity contribution in [2.45, 2.75) is 13.5 Å². The molecule has 0 saturated heterocycles.